The molecule has 0 aliphatic heterocycles. The molecule has 0 saturated heterocycles. The van der Waals surface area contributed by atoms with E-state index in [2.05, 4.69) is 15.3 Å². The Hall–Kier alpha value is -3.74. The van der Waals surface area contributed by atoms with Crippen LogP contribution < -0.4 is 15.5 Å². The van der Waals surface area contributed by atoms with Crippen LogP contribution in [0.3, 0.4) is 0 Å². The molecular weight excluding hydrogens is 349 g/mol. The number of rotatable bonds is 3. The van der Waals surface area contributed by atoms with Crippen molar-refractivity contribution >= 4 is 33.4 Å². The second-order valence-corrected chi connectivity index (χ2v) is 5.92. The summed E-state index contributed by atoms with van der Waals surface area (Å²) in [6.07, 6.45) is 2.86. The minimum atomic E-state index is -0.599. The summed E-state index contributed by atoms with van der Waals surface area (Å²) in [5, 5.41) is 3.45. The Morgan fingerprint density at radius 3 is 2.81 bits per heavy atom. The van der Waals surface area contributed by atoms with Gasteiger partial charge in [-0.25, -0.2) is 4.39 Å². The van der Waals surface area contributed by atoms with Crippen molar-refractivity contribution in [3.63, 3.8) is 0 Å². The number of ether oxygens (including phenoxy) is 1. The molecule has 0 spiro atoms. The number of nitrogens with zero attached hydrogens (tertiary/aromatic N) is 1. The molecule has 0 aliphatic rings. The van der Waals surface area contributed by atoms with E-state index in [-0.39, 0.29) is 5.56 Å². The fourth-order valence-electron chi connectivity index (χ4n) is 2.91. The minimum absolute atomic E-state index is 0.0582. The van der Waals surface area contributed by atoms with E-state index in [9.17, 15) is 14.0 Å². The standard InChI is InChI=1S/C20H14FN3O3/c1-27-12-3-5-17-14(9-12)19(25)15(10-23-17)20(26)24-18-6-7-22-16-4-2-11(21)8-13(16)18/h2-10H,1H3,(H,23,25)(H,22,24,26). The van der Waals surface area contributed by atoms with Crippen molar-refractivity contribution in [1.29, 1.82) is 0 Å². The van der Waals surface area contributed by atoms with Crippen LogP contribution in [0.4, 0.5) is 10.1 Å². The van der Waals surface area contributed by atoms with E-state index in [0.717, 1.165) is 0 Å². The fraction of sp³-hybridized carbons (Fsp3) is 0.0500. The van der Waals surface area contributed by atoms with Gasteiger partial charge < -0.3 is 15.0 Å². The molecule has 2 heterocycles. The molecule has 27 heavy (non-hydrogen) atoms. The van der Waals surface area contributed by atoms with Gasteiger partial charge in [0.25, 0.3) is 5.91 Å². The molecule has 1 amide bonds. The predicted molar refractivity (Wildman–Crippen MR) is 101 cm³/mol. The second kappa shape index (κ2) is 6.53. The van der Waals surface area contributed by atoms with Gasteiger partial charge in [0.1, 0.15) is 17.1 Å². The molecule has 0 aliphatic carbocycles. The molecular formula is C20H14FN3O3. The lowest BCUT2D eigenvalue weighted by atomic mass is 10.1. The zero-order chi connectivity index (χ0) is 19.0. The van der Waals surface area contributed by atoms with Crippen LogP contribution in [0.5, 0.6) is 5.75 Å². The van der Waals surface area contributed by atoms with Gasteiger partial charge in [-0.15, -0.1) is 0 Å². The first kappa shape index (κ1) is 16.7. The van der Waals surface area contributed by atoms with Crippen LogP contribution in [0.2, 0.25) is 0 Å². The average molecular weight is 363 g/mol. The van der Waals surface area contributed by atoms with Gasteiger partial charge in [0.2, 0.25) is 5.43 Å². The van der Waals surface area contributed by atoms with Crippen LogP contribution in [0.25, 0.3) is 21.8 Å². The molecule has 134 valence electrons. The number of aromatic amines is 1. The number of fused-ring (bicyclic) bond motifs is 2. The first-order valence-corrected chi connectivity index (χ1v) is 8.12. The van der Waals surface area contributed by atoms with Gasteiger partial charge in [0.05, 0.1) is 18.3 Å². The maximum absolute atomic E-state index is 13.6. The van der Waals surface area contributed by atoms with Crippen molar-refractivity contribution in [3.05, 3.63) is 76.5 Å². The van der Waals surface area contributed by atoms with Crippen LogP contribution >= 0.6 is 0 Å². The van der Waals surface area contributed by atoms with Crippen molar-refractivity contribution < 1.29 is 13.9 Å². The largest absolute Gasteiger partial charge is 0.497 e. The number of carbonyl (C=O) groups excluding carboxylic acids is 1. The molecule has 0 fully saturated rings. The molecule has 2 aromatic heterocycles. The number of methoxy groups -OCH3 is 1. The van der Waals surface area contributed by atoms with Crippen LogP contribution in [-0.2, 0) is 0 Å². The lowest BCUT2D eigenvalue weighted by Crippen LogP contribution is -2.22. The Balaban J connectivity index is 1.77. The summed E-state index contributed by atoms with van der Waals surface area (Å²) in [6, 6.07) is 10.7. The third kappa shape index (κ3) is 2.99. The summed E-state index contributed by atoms with van der Waals surface area (Å²) >= 11 is 0. The van der Waals surface area contributed by atoms with Crippen LogP contribution in [0, 0.1) is 5.82 Å². The number of benzene rings is 2. The van der Waals surface area contributed by atoms with Gasteiger partial charge in [-0.2, -0.15) is 0 Å². The number of hydrogen-bond donors (Lipinski definition) is 2. The topological polar surface area (TPSA) is 84.1 Å². The van der Waals surface area contributed by atoms with E-state index in [1.807, 2.05) is 0 Å². The zero-order valence-electron chi connectivity index (χ0n) is 14.2. The van der Waals surface area contributed by atoms with E-state index in [4.69, 9.17) is 4.74 Å². The van der Waals surface area contributed by atoms with Crippen molar-refractivity contribution in [1.82, 2.24) is 9.97 Å². The van der Waals surface area contributed by atoms with Gasteiger partial charge in [-0.3, -0.25) is 14.6 Å². The van der Waals surface area contributed by atoms with Crippen molar-refractivity contribution in [2.45, 2.75) is 0 Å². The quantitative estimate of drug-likeness (QED) is 0.584. The van der Waals surface area contributed by atoms with Gasteiger partial charge >= 0.3 is 0 Å². The number of aromatic nitrogens is 2. The number of halogens is 1. The fourth-order valence-corrected chi connectivity index (χ4v) is 2.91. The van der Waals surface area contributed by atoms with E-state index >= 15 is 0 Å². The highest BCUT2D eigenvalue weighted by Crippen LogP contribution is 2.23. The molecule has 7 heteroatoms. The SMILES string of the molecule is COc1ccc2[nH]cc(C(=O)Nc3ccnc4ccc(F)cc34)c(=O)c2c1. The molecule has 6 nitrogen and oxygen atoms in total. The van der Waals surface area contributed by atoms with Crippen LogP contribution in [-0.4, -0.2) is 23.0 Å². The first-order chi connectivity index (χ1) is 13.1. The summed E-state index contributed by atoms with van der Waals surface area (Å²) in [4.78, 5) is 32.5. The molecule has 4 rings (SSSR count). The summed E-state index contributed by atoms with van der Waals surface area (Å²) in [6.45, 7) is 0. The van der Waals surface area contributed by atoms with Gasteiger partial charge in [-0.1, -0.05) is 0 Å². The van der Waals surface area contributed by atoms with Crippen LogP contribution in [0.1, 0.15) is 10.4 Å². The Bertz CT molecular complexity index is 1250. The number of amides is 1. The van der Waals surface area contributed by atoms with E-state index < -0.39 is 17.2 Å². The molecule has 0 radical (unpaired) electrons. The summed E-state index contributed by atoms with van der Waals surface area (Å²) in [5.74, 6) is -0.527. The van der Waals surface area contributed by atoms with Gasteiger partial charge in [0, 0.05) is 28.7 Å². The second-order valence-electron chi connectivity index (χ2n) is 5.92. The Labute approximate surface area is 152 Å². The Morgan fingerprint density at radius 1 is 1.15 bits per heavy atom. The minimum Gasteiger partial charge on any atom is -0.497 e. The van der Waals surface area contributed by atoms with Crippen molar-refractivity contribution in [2.75, 3.05) is 12.4 Å². The maximum Gasteiger partial charge on any atom is 0.261 e. The summed E-state index contributed by atoms with van der Waals surface area (Å²) in [7, 11) is 1.50. The maximum atomic E-state index is 13.6. The highest BCUT2D eigenvalue weighted by Gasteiger charge is 2.15. The monoisotopic (exact) mass is 363 g/mol. The van der Waals surface area contributed by atoms with Gasteiger partial charge in [0.15, 0.2) is 0 Å². The first-order valence-electron chi connectivity index (χ1n) is 8.12. The summed E-state index contributed by atoms with van der Waals surface area (Å²) in [5.41, 5.74) is 1.01. The van der Waals surface area contributed by atoms with E-state index in [1.54, 1.807) is 24.3 Å². The highest BCUT2D eigenvalue weighted by atomic mass is 19.1. The van der Waals surface area contributed by atoms with Gasteiger partial charge in [-0.05, 0) is 42.5 Å². The smallest absolute Gasteiger partial charge is 0.261 e. The number of hydrogen-bond acceptors (Lipinski definition) is 4. The number of carbonyl (C=O) groups is 1. The van der Waals surface area contributed by atoms with Crippen molar-refractivity contribution in [2.24, 2.45) is 0 Å². The lowest BCUT2D eigenvalue weighted by Gasteiger charge is -2.09. The Morgan fingerprint density at radius 2 is 2.00 bits per heavy atom. The molecule has 2 N–H and O–H groups in total. The molecule has 0 unspecified atom stereocenters. The predicted octanol–water partition coefficient (Wildman–Crippen LogP) is 3.48. The zero-order valence-corrected chi connectivity index (χ0v) is 14.2. The van der Waals surface area contributed by atoms with Crippen LogP contribution in [0.15, 0.2) is 59.7 Å². The third-order valence-corrected chi connectivity index (χ3v) is 4.28. The van der Waals surface area contributed by atoms with E-state index in [0.29, 0.717) is 33.2 Å². The molecule has 0 atom stereocenters. The molecule has 4 aromatic rings. The molecule has 2 aromatic carbocycles. The number of H-pyrrole nitrogens is 1. The molecule has 0 saturated carbocycles. The normalized spacial score (nSPS) is 10.9. The highest BCUT2D eigenvalue weighted by molar-refractivity contribution is 6.09. The van der Waals surface area contributed by atoms with Crippen molar-refractivity contribution in [3.8, 4) is 5.75 Å². The Kier molecular flexibility index (Phi) is 4.04. The summed E-state index contributed by atoms with van der Waals surface area (Å²) < 4.78 is 18.7. The number of pyridine rings is 2. The third-order valence-electron chi connectivity index (χ3n) is 4.28. The number of anilines is 1. The molecule has 0 bridgehead atoms. The number of nitrogens with one attached hydrogen (secondary N) is 2. The van der Waals surface area contributed by atoms with E-state index in [1.165, 1.54) is 37.7 Å². The lowest BCUT2D eigenvalue weighted by molar-refractivity contribution is 0.102. The average Bonchev–Trinajstić information content (AvgIpc) is 2.68.